The van der Waals surface area contributed by atoms with Gasteiger partial charge in [0.15, 0.2) is 0 Å². The van der Waals surface area contributed by atoms with Crippen LogP contribution in [0.15, 0.2) is 116 Å². The summed E-state index contributed by atoms with van der Waals surface area (Å²) in [6.45, 7) is 0. The molecule has 0 spiro atoms. The predicted molar refractivity (Wildman–Crippen MR) is 138 cm³/mol. The number of pyridine rings is 3. The number of aromatic nitrogens is 3. The Morgan fingerprint density at radius 3 is 1.83 bits per heavy atom. The number of halogens is 1. The van der Waals surface area contributed by atoms with E-state index in [0.29, 0.717) is 0 Å². The van der Waals surface area contributed by atoms with E-state index < -0.39 is 0 Å². The van der Waals surface area contributed by atoms with Crippen molar-refractivity contribution in [3.05, 3.63) is 127 Å². The topological polar surface area (TPSA) is 38.7 Å². The van der Waals surface area contributed by atoms with Crippen LogP contribution in [0.3, 0.4) is 0 Å². The van der Waals surface area contributed by atoms with Crippen LogP contribution in [0.1, 0.15) is 0 Å². The number of hydrogen-bond donors (Lipinski definition) is 0. The number of rotatable bonds is 2. The van der Waals surface area contributed by atoms with Crippen molar-refractivity contribution in [2.24, 2.45) is 0 Å². The Balaban J connectivity index is 0.000000175. The van der Waals surface area contributed by atoms with E-state index in [-0.39, 0.29) is 25.9 Å². The van der Waals surface area contributed by atoms with Crippen molar-refractivity contribution in [3.63, 3.8) is 0 Å². The van der Waals surface area contributed by atoms with Crippen molar-refractivity contribution < 1.29 is 24.5 Å². The Morgan fingerprint density at radius 2 is 1.22 bits per heavy atom. The summed E-state index contributed by atoms with van der Waals surface area (Å²) in [6.07, 6.45) is 3.54. The van der Waals surface area contributed by atoms with Gasteiger partial charge in [0.25, 0.3) is 0 Å². The summed E-state index contributed by atoms with van der Waals surface area (Å²) >= 11 is 0. The van der Waals surface area contributed by atoms with Gasteiger partial charge >= 0.3 is 0 Å². The molecule has 7 rings (SSSR count). The van der Waals surface area contributed by atoms with Gasteiger partial charge in [-0.3, -0.25) is 19.3 Å². The summed E-state index contributed by atoms with van der Waals surface area (Å²) in [5.41, 5.74) is 9.31. The Labute approximate surface area is 222 Å². The van der Waals surface area contributed by atoms with Gasteiger partial charge in [0.2, 0.25) is 0 Å². The minimum atomic E-state index is -0.285. The number of nitrogens with zero attached hydrogens (tertiary/aromatic N) is 3. The molecular formula is C31H19FIrN3-. The Hall–Kier alpha value is -4.05. The summed E-state index contributed by atoms with van der Waals surface area (Å²) in [4.78, 5) is 13.1. The first kappa shape index (κ1) is 23.7. The van der Waals surface area contributed by atoms with Crippen molar-refractivity contribution in [3.8, 4) is 44.9 Å². The molecule has 0 amide bonds. The SMILES string of the molecule is Fc1c[c-]c(-c2cc3c4c(cccc4n2)-c2ccccc2-3)cc1.[Ir].c1ccc(-c2ccccn2)nc1. The Kier molecular flexibility index (Phi) is 6.77. The summed E-state index contributed by atoms with van der Waals surface area (Å²) < 4.78 is 13.2. The molecule has 5 heteroatoms. The van der Waals surface area contributed by atoms with Crippen molar-refractivity contribution in [1.29, 1.82) is 0 Å². The molecule has 3 nitrogen and oxygen atoms in total. The smallest absolute Gasteiger partial charge is 0.0886 e. The quantitative estimate of drug-likeness (QED) is 0.182. The third kappa shape index (κ3) is 4.47. The first-order valence-corrected chi connectivity index (χ1v) is 11.3. The number of fused-ring (bicyclic) bond motifs is 3. The standard InChI is InChI=1S/C21H11FN.C10H8N2.Ir/c22-14-10-8-13(9-11-14)20-12-18-16-5-2-1-4-15(16)17-6-3-7-19(23-20)21(17)18;1-3-7-11-9(5-1)10-6-2-4-8-12-10;/h1-8,10-12H;1-8H;/q-1;;. The van der Waals surface area contributed by atoms with Crippen LogP contribution in [-0.4, -0.2) is 15.0 Å². The van der Waals surface area contributed by atoms with Gasteiger partial charge in [0.1, 0.15) is 0 Å². The summed E-state index contributed by atoms with van der Waals surface area (Å²) in [6, 6.07) is 35.8. The fourth-order valence-corrected chi connectivity index (χ4v) is 4.41. The molecule has 3 aromatic heterocycles. The molecule has 3 heterocycles. The molecule has 0 bridgehead atoms. The normalized spacial score (nSPS) is 10.7. The summed E-state index contributed by atoms with van der Waals surface area (Å²) in [5.74, 6) is -0.285. The van der Waals surface area contributed by atoms with Crippen LogP contribution in [0.4, 0.5) is 4.39 Å². The van der Waals surface area contributed by atoms with Crippen LogP contribution < -0.4 is 0 Å². The van der Waals surface area contributed by atoms with Crippen molar-refractivity contribution in [2.75, 3.05) is 0 Å². The molecule has 0 aliphatic heterocycles. The molecule has 0 saturated carbocycles. The first-order valence-electron chi connectivity index (χ1n) is 11.3. The third-order valence-electron chi connectivity index (χ3n) is 5.98. The molecule has 175 valence electrons. The second-order valence-electron chi connectivity index (χ2n) is 8.15. The van der Waals surface area contributed by atoms with Crippen LogP contribution >= 0.6 is 0 Å². The van der Waals surface area contributed by atoms with E-state index in [1.54, 1.807) is 18.5 Å². The molecule has 1 aliphatic carbocycles. The maximum atomic E-state index is 13.2. The number of hydrogen-bond acceptors (Lipinski definition) is 3. The van der Waals surface area contributed by atoms with Crippen LogP contribution in [0.5, 0.6) is 0 Å². The van der Waals surface area contributed by atoms with Gasteiger partial charge in [-0.25, -0.2) is 0 Å². The Morgan fingerprint density at radius 1 is 0.583 bits per heavy atom. The first-order chi connectivity index (χ1) is 17.3. The molecule has 0 atom stereocenters. The maximum Gasteiger partial charge on any atom is 0.0886 e. The van der Waals surface area contributed by atoms with Gasteiger partial charge in [0.05, 0.1) is 16.9 Å². The second-order valence-corrected chi connectivity index (χ2v) is 8.15. The monoisotopic (exact) mass is 645 g/mol. The van der Waals surface area contributed by atoms with Crippen molar-refractivity contribution >= 4 is 10.9 Å². The summed E-state index contributed by atoms with van der Waals surface area (Å²) in [5, 5.41) is 1.19. The average molecular weight is 645 g/mol. The van der Waals surface area contributed by atoms with Crippen molar-refractivity contribution in [1.82, 2.24) is 15.0 Å². The molecule has 1 aliphatic rings. The van der Waals surface area contributed by atoms with Gasteiger partial charge < -0.3 is 0 Å². The van der Waals surface area contributed by atoms with E-state index in [1.807, 2.05) is 48.5 Å². The van der Waals surface area contributed by atoms with E-state index in [1.165, 1.54) is 39.8 Å². The van der Waals surface area contributed by atoms with Crippen molar-refractivity contribution in [2.45, 2.75) is 0 Å². The van der Waals surface area contributed by atoms with E-state index in [4.69, 9.17) is 4.98 Å². The van der Waals surface area contributed by atoms with Gasteiger partial charge in [-0.15, -0.1) is 29.8 Å². The average Bonchev–Trinajstić information content (AvgIpc) is 3.26. The second kappa shape index (κ2) is 10.3. The van der Waals surface area contributed by atoms with E-state index in [0.717, 1.165) is 28.2 Å². The third-order valence-corrected chi connectivity index (χ3v) is 5.98. The van der Waals surface area contributed by atoms with E-state index in [9.17, 15) is 4.39 Å². The summed E-state index contributed by atoms with van der Waals surface area (Å²) in [7, 11) is 0. The molecule has 0 unspecified atom stereocenters. The minimum Gasteiger partial charge on any atom is -0.296 e. The zero-order valence-electron chi connectivity index (χ0n) is 19.0. The Bertz CT molecular complexity index is 1600. The largest absolute Gasteiger partial charge is 0.296 e. The van der Waals surface area contributed by atoms with E-state index >= 15 is 0 Å². The molecule has 3 aromatic carbocycles. The minimum absolute atomic E-state index is 0. The number of benzene rings is 3. The molecule has 36 heavy (non-hydrogen) atoms. The van der Waals surface area contributed by atoms with Crippen LogP contribution in [0.2, 0.25) is 0 Å². The molecule has 0 N–H and O–H groups in total. The molecule has 6 aromatic rings. The maximum absolute atomic E-state index is 13.2. The van der Waals surface area contributed by atoms with Gasteiger partial charge in [-0.2, -0.15) is 0 Å². The zero-order chi connectivity index (χ0) is 23.6. The molecule has 1 radical (unpaired) electrons. The zero-order valence-corrected chi connectivity index (χ0v) is 21.4. The molecular weight excluding hydrogens is 626 g/mol. The van der Waals surface area contributed by atoms with E-state index in [2.05, 4.69) is 52.4 Å². The van der Waals surface area contributed by atoms with Crippen LogP contribution in [-0.2, 0) is 20.1 Å². The van der Waals surface area contributed by atoms with Crippen LogP contribution in [0, 0.1) is 11.9 Å². The molecule has 0 saturated heterocycles. The van der Waals surface area contributed by atoms with Gasteiger partial charge in [-0.05, 0) is 58.3 Å². The fourth-order valence-electron chi connectivity index (χ4n) is 4.41. The van der Waals surface area contributed by atoms with Gasteiger partial charge in [0, 0.05) is 43.7 Å². The van der Waals surface area contributed by atoms with Gasteiger partial charge in [-0.1, -0.05) is 54.6 Å². The van der Waals surface area contributed by atoms with Crippen LogP contribution in [0.25, 0.3) is 55.8 Å². The molecule has 0 fully saturated rings. The predicted octanol–water partition coefficient (Wildman–Crippen LogP) is 7.63. The fraction of sp³-hybridized carbons (Fsp3) is 0.